The van der Waals surface area contributed by atoms with Gasteiger partial charge in [0.15, 0.2) is 5.96 Å². The summed E-state index contributed by atoms with van der Waals surface area (Å²) in [4.78, 5) is 6.90. The fourth-order valence-corrected chi connectivity index (χ4v) is 4.51. The number of nitrogens with one attached hydrogen (secondary N) is 2. The van der Waals surface area contributed by atoms with Crippen LogP contribution in [0, 0.1) is 0 Å². The maximum Gasteiger partial charge on any atom is 0.191 e. The summed E-state index contributed by atoms with van der Waals surface area (Å²) < 4.78 is 11.5. The largest absolute Gasteiger partial charge is 0.379 e. The van der Waals surface area contributed by atoms with Gasteiger partial charge in [-0.3, -0.25) is 9.89 Å². The smallest absolute Gasteiger partial charge is 0.191 e. The van der Waals surface area contributed by atoms with Crippen molar-refractivity contribution < 1.29 is 9.47 Å². The van der Waals surface area contributed by atoms with Crippen LogP contribution in [0.15, 0.2) is 29.3 Å². The monoisotopic (exact) mass is 520 g/mol. The number of morpholine rings is 1. The highest BCUT2D eigenvalue weighted by molar-refractivity contribution is 14.0. The minimum atomic E-state index is 0. The molecule has 3 aliphatic heterocycles. The zero-order valence-electron chi connectivity index (χ0n) is 16.3. The highest BCUT2D eigenvalue weighted by Crippen LogP contribution is 2.34. The Morgan fingerprint density at radius 2 is 2.00 bits per heavy atom. The number of hydrogen-bond donors (Lipinski definition) is 2. The fraction of sp³-hybridized carbons (Fsp3) is 0.650. The third kappa shape index (κ3) is 5.30. The van der Waals surface area contributed by atoms with Gasteiger partial charge in [-0.25, -0.2) is 0 Å². The third-order valence-electron chi connectivity index (χ3n) is 5.86. The molecule has 4 unspecified atom stereocenters. The lowest BCUT2D eigenvalue weighted by Crippen LogP contribution is -2.50. The van der Waals surface area contributed by atoms with E-state index in [1.807, 2.05) is 19.2 Å². The number of rotatable bonds is 5. The van der Waals surface area contributed by atoms with Crippen LogP contribution in [-0.2, 0) is 9.47 Å². The summed E-state index contributed by atoms with van der Waals surface area (Å²) >= 11 is 6.09. The molecule has 8 heteroatoms. The van der Waals surface area contributed by atoms with Gasteiger partial charge in [-0.15, -0.1) is 24.0 Å². The predicted molar refractivity (Wildman–Crippen MR) is 123 cm³/mol. The van der Waals surface area contributed by atoms with Crippen molar-refractivity contribution in [2.24, 2.45) is 4.99 Å². The molecular formula is C20H30ClIN4O2. The molecule has 2 bridgehead atoms. The second-order valence-electron chi connectivity index (χ2n) is 7.53. The third-order valence-corrected chi connectivity index (χ3v) is 6.11. The van der Waals surface area contributed by atoms with Crippen LogP contribution in [0.5, 0.6) is 0 Å². The molecule has 0 spiro atoms. The molecule has 3 heterocycles. The van der Waals surface area contributed by atoms with Crippen LogP contribution in [0.2, 0.25) is 5.02 Å². The van der Waals surface area contributed by atoms with Gasteiger partial charge in [-0.05, 0) is 37.0 Å². The average Bonchev–Trinajstić information content (AvgIpc) is 3.32. The number of nitrogens with zero attached hydrogens (tertiary/aromatic N) is 2. The van der Waals surface area contributed by atoms with E-state index in [0.29, 0.717) is 18.2 Å². The molecule has 0 radical (unpaired) electrons. The summed E-state index contributed by atoms with van der Waals surface area (Å²) in [5.74, 6) is 0.850. The van der Waals surface area contributed by atoms with E-state index in [1.165, 1.54) is 12.0 Å². The molecule has 0 amide bonds. The van der Waals surface area contributed by atoms with E-state index in [-0.39, 0.29) is 30.0 Å². The molecule has 4 atom stereocenters. The van der Waals surface area contributed by atoms with Crippen molar-refractivity contribution in [2.75, 3.05) is 39.9 Å². The summed E-state index contributed by atoms with van der Waals surface area (Å²) in [6, 6.07) is 8.77. The van der Waals surface area contributed by atoms with Crippen molar-refractivity contribution in [2.45, 2.75) is 43.6 Å². The van der Waals surface area contributed by atoms with Gasteiger partial charge in [0.25, 0.3) is 0 Å². The van der Waals surface area contributed by atoms with Gasteiger partial charge in [0.1, 0.15) is 0 Å². The maximum atomic E-state index is 6.09. The van der Waals surface area contributed by atoms with Gasteiger partial charge in [0.2, 0.25) is 0 Å². The van der Waals surface area contributed by atoms with Gasteiger partial charge in [-0.1, -0.05) is 23.7 Å². The van der Waals surface area contributed by atoms with Gasteiger partial charge in [0, 0.05) is 31.7 Å². The van der Waals surface area contributed by atoms with Crippen LogP contribution in [0.25, 0.3) is 0 Å². The molecule has 3 aliphatic rings. The summed E-state index contributed by atoms with van der Waals surface area (Å²) in [5, 5.41) is 7.86. The van der Waals surface area contributed by atoms with E-state index in [4.69, 9.17) is 21.1 Å². The van der Waals surface area contributed by atoms with E-state index in [0.717, 1.165) is 56.7 Å². The van der Waals surface area contributed by atoms with Crippen LogP contribution in [-0.4, -0.2) is 69.0 Å². The van der Waals surface area contributed by atoms with Crippen molar-refractivity contribution in [3.8, 4) is 0 Å². The van der Waals surface area contributed by atoms with E-state index >= 15 is 0 Å². The van der Waals surface area contributed by atoms with Crippen molar-refractivity contribution in [1.82, 2.24) is 15.5 Å². The van der Waals surface area contributed by atoms with E-state index in [1.54, 1.807) is 0 Å². The van der Waals surface area contributed by atoms with Gasteiger partial charge in [-0.2, -0.15) is 0 Å². The van der Waals surface area contributed by atoms with Crippen molar-refractivity contribution in [3.63, 3.8) is 0 Å². The molecule has 0 aliphatic carbocycles. The molecule has 0 saturated carbocycles. The molecule has 156 valence electrons. The first kappa shape index (κ1) is 22.1. The summed E-state index contributed by atoms with van der Waals surface area (Å²) in [6.07, 6.45) is 4.20. The standard InChI is InChI=1S/C20H29ClN4O2.HI/c1-22-20(24-17-12-16-6-7-19(17)27-16)23-13-18(25-8-10-26-11-9-25)14-2-4-15(21)5-3-14;/h2-5,16-19H,6-13H2,1H3,(H2,22,23,24);1H. The minimum absolute atomic E-state index is 0. The number of fused-ring (bicyclic) bond motifs is 2. The number of aliphatic imine (C=N–C) groups is 1. The lowest BCUT2D eigenvalue weighted by molar-refractivity contribution is 0.0170. The first-order chi connectivity index (χ1) is 13.2. The number of benzene rings is 1. The Labute approximate surface area is 189 Å². The van der Waals surface area contributed by atoms with Gasteiger partial charge in [0.05, 0.1) is 37.5 Å². The Morgan fingerprint density at radius 1 is 1.25 bits per heavy atom. The average molecular weight is 521 g/mol. The first-order valence-corrected chi connectivity index (χ1v) is 10.3. The van der Waals surface area contributed by atoms with Crippen molar-refractivity contribution >= 4 is 41.5 Å². The summed E-state index contributed by atoms with van der Waals surface area (Å²) in [6.45, 7) is 4.20. The van der Waals surface area contributed by atoms with Crippen LogP contribution in [0.1, 0.15) is 30.9 Å². The fourth-order valence-electron chi connectivity index (χ4n) is 4.39. The summed E-state index contributed by atoms with van der Waals surface area (Å²) in [5.41, 5.74) is 1.26. The van der Waals surface area contributed by atoms with E-state index in [2.05, 4.69) is 32.7 Å². The molecule has 3 saturated heterocycles. The zero-order chi connectivity index (χ0) is 18.6. The first-order valence-electron chi connectivity index (χ1n) is 9.93. The summed E-state index contributed by atoms with van der Waals surface area (Å²) in [7, 11) is 1.83. The Kier molecular flexibility index (Phi) is 8.22. The molecule has 4 rings (SSSR count). The Morgan fingerprint density at radius 3 is 2.61 bits per heavy atom. The van der Waals surface area contributed by atoms with Gasteiger partial charge >= 0.3 is 0 Å². The molecule has 2 N–H and O–H groups in total. The lowest BCUT2D eigenvalue weighted by Gasteiger charge is -2.35. The second kappa shape index (κ2) is 10.4. The molecule has 6 nitrogen and oxygen atoms in total. The predicted octanol–water partition coefficient (Wildman–Crippen LogP) is 2.82. The van der Waals surface area contributed by atoms with E-state index < -0.39 is 0 Å². The normalized spacial score (nSPS) is 28.6. The molecule has 1 aromatic carbocycles. The Bertz CT molecular complexity index is 654. The molecular weight excluding hydrogens is 491 g/mol. The molecule has 1 aromatic rings. The quantitative estimate of drug-likeness (QED) is 0.355. The van der Waals surface area contributed by atoms with Crippen molar-refractivity contribution in [3.05, 3.63) is 34.9 Å². The lowest BCUT2D eigenvalue weighted by atomic mass is 9.96. The van der Waals surface area contributed by atoms with Gasteiger partial charge < -0.3 is 20.1 Å². The van der Waals surface area contributed by atoms with Crippen LogP contribution in [0.3, 0.4) is 0 Å². The van der Waals surface area contributed by atoms with Crippen LogP contribution >= 0.6 is 35.6 Å². The molecule has 3 fully saturated rings. The number of hydrogen-bond acceptors (Lipinski definition) is 4. The van der Waals surface area contributed by atoms with E-state index in [9.17, 15) is 0 Å². The Balaban J connectivity index is 0.00000225. The maximum absolute atomic E-state index is 6.09. The van der Waals surface area contributed by atoms with Crippen molar-refractivity contribution in [1.29, 1.82) is 0 Å². The zero-order valence-corrected chi connectivity index (χ0v) is 19.4. The highest BCUT2D eigenvalue weighted by atomic mass is 127. The SMILES string of the molecule is CN=C(NCC(c1ccc(Cl)cc1)N1CCOCC1)NC1CC2CCC1O2.I. The van der Waals surface area contributed by atoms with Crippen LogP contribution < -0.4 is 10.6 Å². The minimum Gasteiger partial charge on any atom is -0.379 e. The molecule has 28 heavy (non-hydrogen) atoms. The van der Waals surface area contributed by atoms with Crippen LogP contribution in [0.4, 0.5) is 0 Å². The second-order valence-corrected chi connectivity index (χ2v) is 7.97. The number of ether oxygens (including phenoxy) is 2. The topological polar surface area (TPSA) is 58.1 Å². The number of guanidine groups is 1. The molecule has 0 aromatic heterocycles. The number of halogens is 2. The Hall–Kier alpha value is -0.610. The highest BCUT2D eigenvalue weighted by Gasteiger charge is 2.41.